The van der Waals surface area contributed by atoms with Crippen LogP contribution in [0.2, 0.25) is 5.02 Å². The zero-order chi connectivity index (χ0) is 24.9. The molecular weight excluding hydrogens is 468 g/mol. The summed E-state index contributed by atoms with van der Waals surface area (Å²) in [5.41, 5.74) is 2.50. The van der Waals surface area contributed by atoms with Crippen LogP contribution in [0.4, 0.5) is 5.69 Å². The number of anilines is 1. The van der Waals surface area contributed by atoms with E-state index >= 15 is 0 Å². The molecule has 0 aromatic heterocycles. The third-order valence-corrected chi connectivity index (χ3v) is 6.25. The average molecular weight is 495 g/mol. The number of carbonyl (C=O) groups is 2. The summed E-state index contributed by atoms with van der Waals surface area (Å²) in [4.78, 5) is 28.1. The topological polar surface area (TPSA) is 77.1 Å². The average Bonchev–Trinajstić information content (AvgIpc) is 3.00. The molecule has 0 saturated heterocycles. The number of rotatable bonds is 7. The number of carbonyl (C=O) groups excluding carboxylic acids is 2. The summed E-state index contributed by atoms with van der Waals surface area (Å²) in [6.07, 6.45) is -0.0689. The number of methoxy groups -OCH3 is 2. The highest BCUT2D eigenvalue weighted by Crippen LogP contribution is 2.33. The normalized spacial score (nSPS) is 15.0. The van der Waals surface area contributed by atoms with Gasteiger partial charge in [0.2, 0.25) is 0 Å². The highest BCUT2D eigenvalue weighted by Gasteiger charge is 2.30. The van der Waals surface area contributed by atoms with E-state index in [1.165, 1.54) is 14.2 Å². The second-order valence-corrected chi connectivity index (χ2v) is 8.52. The fourth-order valence-corrected chi connectivity index (χ4v) is 4.27. The van der Waals surface area contributed by atoms with Crippen LogP contribution in [0.5, 0.6) is 17.2 Å². The Labute approximate surface area is 209 Å². The molecule has 1 atom stereocenters. The summed E-state index contributed by atoms with van der Waals surface area (Å²) in [6, 6.07) is 18.0. The minimum Gasteiger partial charge on any atom is -0.496 e. The minimum atomic E-state index is -0.600. The molecule has 7 nitrogen and oxygen atoms in total. The van der Waals surface area contributed by atoms with Gasteiger partial charge in [0.15, 0.2) is 6.10 Å². The zero-order valence-electron chi connectivity index (χ0n) is 19.8. The van der Waals surface area contributed by atoms with Crippen LogP contribution >= 0.6 is 11.6 Å². The van der Waals surface area contributed by atoms with Crippen molar-refractivity contribution in [2.24, 2.45) is 0 Å². The van der Waals surface area contributed by atoms with Gasteiger partial charge in [-0.05, 0) is 48.4 Å². The van der Waals surface area contributed by atoms with Crippen molar-refractivity contribution in [3.05, 3.63) is 82.4 Å². The van der Waals surface area contributed by atoms with Gasteiger partial charge >= 0.3 is 0 Å². The van der Waals surface area contributed by atoms with E-state index < -0.39 is 6.10 Å². The molecule has 1 unspecified atom stereocenters. The summed E-state index contributed by atoms with van der Waals surface area (Å²) < 4.78 is 16.8. The van der Waals surface area contributed by atoms with E-state index in [9.17, 15) is 9.59 Å². The largest absolute Gasteiger partial charge is 0.496 e. The van der Waals surface area contributed by atoms with Crippen molar-refractivity contribution in [3.63, 3.8) is 0 Å². The fraction of sp³-hybridized carbons (Fsp3) is 0.259. The van der Waals surface area contributed by atoms with E-state index in [-0.39, 0.29) is 11.8 Å². The van der Waals surface area contributed by atoms with Gasteiger partial charge in [-0.15, -0.1) is 0 Å². The van der Waals surface area contributed by atoms with Gasteiger partial charge in [0.25, 0.3) is 11.8 Å². The number of fused-ring (bicyclic) bond motifs is 1. The summed E-state index contributed by atoms with van der Waals surface area (Å²) in [7, 11) is 3.00. The van der Waals surface area contributed by atoms with Crippen LogP contribution in [0.3, 0.4) is 0 Å². The number of halogens is 1. The van der Waals surface area contributed by atoms with Gasteiger partial charge < -0.3 is 24.4 Å². The van der Waals surface area contributed by atoms with Gasteiger partial charge in [-0.1, -0.05) is 42.8 Å². The van der Waals surface area contributed by atoms with Gasteiger partial charge in [0, 0.05) is 29.4 Å². The van der Waals surface area contributed by atoms with Crippen LogP contribution in [0, 0.1) is 0 Å². The third-order valence-electron chi connectivity index (χ3n) is 5.88. The Morgan fingerprint density at radius 2 is 1.80 bits per heavy atom. The molecule has 182 valence electrons. The minimum absolute atomic E-state index is 0.104. The van der Waals surface area contributed by atoms with Crippen LogP contribution < -0.4 is 19.5 Å². The van der Waals surface area contributed by atoms with Gasteiger partial charge in [0.05, 0.1) is 14.2 Å². The van der Waals surface area contributed by atoms with Crippen molar-refractivity contribution in [2.45, 2.75) is 32.5 Å². The lowest BCUT2D eigenvalue weighted by Gasteiger charge is -2.23. The lowest BCUT2D eigenvalue weighted by atomic mass is 10.1. The van der Waals surface area contributed by atoms with Gasteiger partial charge in [0.1, 0.15) is 22.8 Å². The molecule has 35 heavy (non-hydrogen) atoms. The maximum Gasteiger partial charge on any atom is 0.264 e. The van der Waals surface area contributed by atoms with Crippen molar-refractivity contribution in [2.75, 3.05) is 19.5 Å². The summed E-state index contributed by atoms with van der Waals surface area (Å²) in [5.74, 6) is 0.946. The molecule has 1 aliphatic rings. The predicted molar refractivity (Wildman–Crippen MR) is 134 cm³/mol. The SMILES string of the molecule is CCC1Oc2ccc(NC(=O)c3c(OC)cccc3OC)cc2CN(Cc2ccccc2Cl)C1=O. The molecule has 0 spiro atoms. The number of hydrogen-bond donors (Lipinski definition) is 1. The van der Waals surface area contributed by atoms with E-state index in [2.05, 4.69) is 5.32 Å². The number of ether oxygens (including phenoxy) is 3. The third kappa shape index (κ3) is 5.20. The van der Waals surface area contributed by atoms with Crippen molar-refractivity contribution in [1.82, 2.24) is 4.90 Å². The molecule has 0 saturated carbocycles. The summed E-state index contributed by atoms with van der Waals surface area (Å²) >= 11 is 6.36. The summed E-state index contributed by atoms with van der Waals surface area (Å²) in [6.45, 7) is 2.58. The molecule has 2 amide bonds. The lowest BCUT2D eigenvalue weighted by Crippen LogP contribution is -2.38. The molecule has 0 bridgehead atoms. The molecule has 1 heterocycles. The monoisotopic (exact) mass is 494 g/mol. The second kappa shape index (κ2) is 10.7. The highest BCUT2D eigenvalue weighted by molar-refractivity contribution is 6.31. The zero-order valence-corrected chi connectivity index (χ0v) is 20.6. The number of nitrogens with one attached hydrogen (secondary N) is 1. The first-order valence-electron chi connectivity index (χ1n) is 11.3. The van der Waals surface area contributed by atoms with E-state index in [0.29, 0.717) is 53.0 Å². The first kappa shape index (κ1) is 24.4. The van der Waals surface area contributed by atoms with E-state index in [1.807, 2.05) is 31.2 Å². The molecule has 0 fully saturated rings. The molecule has 1 N–H and O–H groups in total. The van der Waals surface area contributed by atoms with Gasteiger partial charge in [-0.25, -0.2) is 0 Å². The van der Waals surface area contributed by atoms with Crippen LogP contribution in [0.15, 0.2) is 60.7 Å². The van der Waals surface area contributed by atoms with Crippen molar-refractivity contribution < 1.29 is 23.8 Å². The standard InChI is InChI=1S/C27H27ClN2O5/c1-4-21-27(32)30(15-17-8-5-6-9-20(17)28)16-18-14-19(12-13-22(18)35-21)29-26(31)25-23(33-2)10-7-11-24(25)34-3/h5-14,21H,4,15-16H2,1-3H3,(H,29,31). The van der Waals surface area contributed by atoms with Crippen molar-refractivity contribution in [3.8, 4) is 17.2 Å². The Bertz CT molecular complexity index is 1220. The molecular formula is C27H27ClN2O5. The van der Waals surface area contributed by atoms with Crippen molar-refractivity contribution >= 4 is 29.1 Å². The number of amides is 2. The van der Waals surface area contributed by atoms with E-state index in [0.717, 1.165) is 11.1 Å². The molecule has 8 heteroatoms. The lowest BCUT2D eigenvalue weighted by molar-refractivity contribution is -0.139. The van der Waals surface area contributed by atoms with Crippen LogP contribution in [0.1, 0.15) is 34.8 Å². The number of hydrogen-bond acceptors (Lipinski definition) is 5. The van der Waals surface area contributed by atoms with Crippen LogP contribution in [0.25, 0.3) is 0 Å². The first-order chi connectivity index (χ1) is 16.9. The Morgan fingerprint density at radius 3 is 2.46 bits per heavy atom. The number of nitrogens with zero attached hydrogens (tertiary/aromatic N) is 1. The highest BCUT2D eigenvalue weighted by atomic mass is 35.5. The molecule has 3 aromatic rings. The quantitative estimate of drug-likeness (QED) is 0.481. The second-order valence-electron chi connectivity index (χ2n) is 8.11. The van der Waals surface area contributed by atoms with E-state index in [4.69, 9.17) is 25.8 Å². The van der Waals surface area contributed by atoms with Gasteiger partial charge in [-0.2, -0.15) is 0 Å². The Morgan fingerprint density at radius 1 is 1.09 bits per heavy atom. The first-order valence-corrected chi connectivity index (χ1v) is 11.7. The molecule has 3 aromatic carbocycles. The molecule has 0 aliphatic carbocycles. The Balaban J connectivity index is 1.63. The Kier molecular flexibility index (Phi) is 7.46. The maximum absolute atomic E-state index is 13.2. The fourth-order valence-electron chi connectivity index (χ4n) is 4.08. The Hall–Kier alpha value is -3.71. The smallest absolute Gasteiger partial charge is 0.264 e. The number of benzene rings is 3. The van der Waals surface area contributed by atoms with Crippen molar-refractivity contribution in [1.29, 1.82) is 0 Å². The summed E-state index contributed by atoms with van der Waals surface area (Å²) in [5, 5.41) is 3.51. The molecule has 0 radical (unpaired) electrons. The van der Waals surface area contributed by atoms with Crippen LogP contribution in [-0.2, 0) is 17.9 Å². The maximum atomic E-state index is 13.2. The predicted octanol–water partition coefficient (Wildman–Crippen LogP) is 5.31. The molecule has 1 aliphatic heterocycles. The van der Waals surface area contributed by atoms with Crippen LogP contribution in [-0.4, -0.2) is 37.0 Å². The van der Waals surface area contributed by atoms with Gasteiger partial charge in [-0.3, -0.25) is 9.59 Å². The van der Waals surface area contributed by atoms with E-state index in [1.54, 1.807) is 41.3 Å². The molecule has 4 rings (SSSR count).